The summed E-state index contributed by atoms with van der Waals surface area (Å²) in [5.74, 6) is 0.208. The van der Waals surface area contributed by atoms with Crippen LogP contribution < -0.4 is 0 Å². The molecule has 0 aliphatic rings. The largest absolute Gasteiger partial charge is 0.289 e. The summed E-state index contributed by atoms with van der Waals surface area (Å²) in [7, 11) is 0. The number of halogens is 1. The van der Waals surface area contributed by atoms with Crippen LogP contribution in [0.25, 0.3) is 0 Å². The lowest BCUT2D eigenvalue weighted by molar-refractivity contribution is 0.537. The van der Waals surface area contributed by atoms with Crippen LogP contribution in [-0.2, 0) is 4.79 Å². The Morgan fingerprint density at radius 2 is 2.00 bits per heavy atom. The Morgan fingerprint density at radius 3 is 2.00 bits per heavy atom. The highest BCUT2D eigenvalue weighted by molar-refractivity contribution is 6.27. The van der Waals surface area contributed by atoms with Gasteiger partial charge in [0.1, 0.15) is 5.38 Å². The van der Waals surface area contributed by atoms with E-state index in [1.165, 1.54) is 0 Å². The first-order valence-corrected chi connectivity index (χ1v) is 2.64. The zero-order chi connectivity index (χ0) is 5.86. The van der Waals surface area contributed by atoms with Crippen LogP contribution in [0.15, 0.2) is 0 Å². The van der Waals surface area contributed by atoms with Crippen molar-refractivity contribution < 1.29 is 4.79 Å². The maximum absolute atomic E-state index is 9.69. The van der Waals surface area contributed by atoms with Gasteiger partial charge in [0.15, 0.2) is 0 Å². The summed E-state index contributed by atoms with van der Waals surface area (Å²) in [6.45, 7) is 3.76. The Labute approximate surface area is 48.7 Å². The number of hydrogen-bond donors (Lipinski definition) is 0. The molecule has 0 bridgehead atoms. The van der Waals surface area contributed by atoms with Gasteiger partial charge in [-0.05, 0) is 5.92 Å². The van der Waals surface area contributed by atoms with Crippen molar-refractivity contribution in [1.29, 1.82) is 0 Å². The van der Waals surface area contributed by atoms with Crippen LogP contribution >= 0.6 is 11.6 Å². The van der Waals surface area contributed by atoms with E-state index in [9.17, 15) is 4.79 Å². The van der Waals surface area contributed by atoms with Crippen molar-refractivity contribution in [1.82, 2.24) is 0 Å². The van der Waals surface area contributed by atoms with Crippen molar-refractivity contribution in [2.45, 2.75) is 19.2 Å². The first-order valence-electron chi connectivity index (χ1n) is 2.20. The minimum atomic E-state index is -0.431. The Bertz CT molecular complexity index is 61.1. The van der Waals surface area contributed by atoms with Gasteiger partial charge in [0.25, 0.3) is 0 Å². The quantitative estimate of drug-likeness (QED) is 0.502. The van der Waals surface area contributed by atoms with E-state index in [0.717, 1.165) is 0 Å². The molecule has 1 unspecified atom stereocenters. The number of rotatable bonds is 2. The molecule has 0 aromatic carbocycles. The molecule has 0 saturated heterocycles. The van der Waals surface area contributed by atoms with Crippen LogP contribution in [0.2, 0.25) is 0 Å². The molecule has 0 fully saturated rings. The molecule has 41 valence electrons. The van der Waals surface area contributed by atoms with Gasteiger partial charge in [0.2, 0.25) is 6.29 Å². The average molecular weight is 120 g/mol. The van der Waals surface area contributed by atoms with Crippen LogP contribution in [0, 0.1) is 5.92 Å². The molecule has 0 aliphatic heterocycles. The van der Waals surface area contributed by atoms with E-state index in [4.69, 9.17) is 11.6 Å². The lowest BCUT2D eigenvalue weighted by atomic mass is 10.1. The van der Waals surface area contributed by atoms with Crippen LogP contribution in [0.1, 0.15) is 13.8 Å². The standard InChI is InChI=1S/C5H8ClO/c1-4(2)5(6)3-7/h4-5H,1-2H3. The number of hydrogen-bond acceptors (Lipinski definition) is 1. The third kappa shape index (κ3) is 2.63. The van der Waals surface area contributed by atoms with Crippen molar-refractivity contribution in [3.05, 3.63) is 0 Å². The Hall–Kier alpha value is -0.0400. The third-order valence-electron chi connectivity index (χ3n) is 0.698. The maximum Gasteiger partial charge on any atom is 0.217 e. The van der Waals surface area contributed by atoms with Crippen molar-refractivity contribution in [3.63, 3.8) is 0 Å². The molecule has 0 heterocycles. The van der Waals surface area contributed by atoms with E-state index in [-0.39, 0.29) is 5.92 Å². The number of carbonyl (C=O) groups excluding carboxylic acids is 1. The summed E-state index contributed by atoms with van der Waals surface area (Å²) in [5.41, 5.74) is 0. The lowest BCUT2D eigenvalue weighted by Crippen LogP contribution is -2.07. The minimum Gasteiger partial charge on any atom is -0.289 e. The summed E-state index contributed by atoms with van der Waals surface area (Å²) < 4.78 is 0. The third-order valence-corrected chi connectivity index (χ3v) is 1.29. The SMILES string of the molecule is CC(C)C(Cl)[C]=O. The molecular formula is C5H8ClO. The van der Waals surface area contributed by atoms with Crippen LogP contribution in [0.4, 0.5) is 0 Å². The summed E-state index contributed by atoms with van der Waals surface area (Å²) in [5, 5.41) is -0.431. The second-order valence-electron chi connectivity index (χ2n) is 1.76. The van der Waals surface area contributed by atoms with Gasteiger partial charge >= 0.3 is 0 Å². The molecule has 0 spiro atoms. The molecule has 2 heteroatoms. The molecule has 0 aliphatic carbocycles. The lowest BCUT2D eigenvalue weighted by Gasteiger charge is -2.00. The van der Waals surface area contributed by atoms with Gasteiger partial charge in [-0.15, -0.1) is 11.6 Å². The fourth-order valence-corrected chi connectivity index (χ4v) is 0.136. The highest BCUT2D eigenvalue weighted by Crippen LogP contribution is 2.04. The van der Waals surface area contributed by atoms with Crippen LogP contribution in [-0.4, -0.2) is 11.7 Å². The van der Waals surface area contributed by atoms with Gasteiger partial charge in [-0.3, -0.25) is 4.79 Å². The van der Waals surface area contributed by atoms with E-state index in [0.29, 0.717) is 0 Å². The zero-order valence-electron chi connectivity index (χ0n) is 4.44. The summed E-state index contributed by atoms with van der Waals surface area (Å²) in [4.78, 5) is 9.69. The summed E-state index contributed by atoms with van der Waals surface area (Å²) in [6.07, 6.45) is 1.68. The van der Waals surface area contributed by atoms with Gasteiger partial charge in [-0.25, -0.2) is 0 Å². The van der Waals surface area contributed by atoms with E-state index in [1.807, 2.05) is 13.8 Å². The van der Waals surface area contributed by atoms with Crippen molar-refractivity contribution in [3.8, 4) is 0 Å². The molecule has 0 N–H and O–H groups in total. The van der Waals surface area contributed by atoms with Gasteiger partial charge in [0.05, 0.1) is 0 Å². The van der Waals surface area contributed by atoms with Crippen molar-refractivity contribution in [2.75, 3.05) is 0 Å². The Kier molecular flexibility index (Phi) is 3.01. The van der Waals surface area contributed by atoms with Gasteiger partial charge in [-0.2, -0.15) is 0 Å². The topological polar surface area (TPSA) is 17.1 Å². The first-order chi connectivity index (χ1) is 3.18. The monoisotopic (exact) mass is 119 g/mol. The molecule has 0 aromatic rings. The second kappa shape index (κ2) is 3.03. The van der Waals surface area contributed by atoms with Gasteiger partial charge in [0, 0.05) is 0 Å². The molecule has 0 amide bonds. The van der Waals surface area contributed by atoms with Crippen molar-refractivity contribution >= 4 is 17.9 Å². The molecular weight excluding hydrogens is 112 g/mol. The smallest absolute Gasteiger partial charge is 0.217 e. The molecule has 1 radical (unpaired) electrons. The van der Waals surface area contributed by atoms with E-state index in [1.54, 1.807) is 6.29 Å². The number of alkyl halides is 1. The Balaban J connectivity index is 3.33. The fourth-order valence-electron chi connectivity index (χ4n) is 0.136. The molecule has 1 atom stereocenters. The van der Waals surface area contributed by atoms with E-state index >= 15 is 0 Å². The van der Waals surface area contributed by atoms with Crippen molar-refractivity contribution in [2.24, 2.45) is 5.92 Å². The molecule has 7 heavy (non-hydrogen) atoms. The molecule has 0 rings (SSSR count). The Morgan fingerprint density at radius 1 is 1.57 bits per heavy atom. The highest BCUT2D eigenvalue weighted by atomic mass is 35.5. The van der Waals surface area contributed by atoms with Crippen LogP contribution in [0.3, 0.4) is 0 Å². The summed E-state index contributed by atoms with van der Waals surface area (Å²) in [6, 6.07) is 0. The molecule has 1 nitrogen and oxygen atoms in total. The normalized spacial score (nSPS) is 14.3. The second-order valence-corrected chi connectivity index (χ2v) is 2.23. The van der Waals surface area contributed by atoms with E-state index < -0.39 is 5.38 Å². The van der Waals surface area contributed by atoms with Gasteiger partial charge in [-0.1, -0.05) is 13.8 Å². The average Bonchev–Trinajstić information content (AvgIpc) is 1.65. The minimum absolute atomic E-state index is 0.208. The van der Waals surface area contributed by atoms with E-state index in [2.05, 4.69) is 0 Å². The predicted octanol–water partition coefficient (Wildman–Crippen LogP) is 1.36. The molecule has 0 aromatic heterocycles. The summed E-state index contributed by atoms with van der Waals surface area (Å²) >= 11 is 5.38. The highest BCUT2D eigenvalue weighted by Gasteiger charge is 2.06. The van der Waals surface area contributed by atoms with Gasteiger partial charge < -0.3 is 0 Å². The van der Waals surface area contributed by atoms with Crippen LogP contribution in [0.5, 0.6) is 0 Å². The first kappa shape index (κ1) is 6.96. The zero-order valence-corrected chi connectivity index (χ0v) is 5.20. The predicted molar refractivity (Wildman–Crippen MR) is 30.2 cm³/mol. The maximum atomic E-state index is 9.69. The molecule has 0 saturated carbocycles. The fraction of sp³-hybridized carbons (Fsp3) is 0.800.